The summed E-state index contributed by atoms with van der Waals surface area (Å²) >= 11 is 0. The van der Waals surface area contributed by atoms with E-state index in [0.717, 1.165) is 19.3 Å². The van der Waals surface area contributed by atoms with E-state index in [2.05, 4.69) is 11.8 Å². The molecule has 1 N–H and O–H groups in total. The van der Waals surface area contributed by atoms with Crippen LogP contribution in [0.3, 0.4) is 0 Å². The summed E-state index contributed by atoms with van der Waals surface area (Å²) in [7, 11) is 0. The zero-order valence-corrected chi connectivity index (χ0v) is 7.34. The van der Waals surface area contributed by atoms with Crippen LogP contribution >= 0.6 is 0 Å². The maximum atomic E-state index is 11.1. The minimum Gasteiger partial charge on any atom is -0.381 e. The van der Waals surface area contributed by atoms with Gasteiger partial charge in [-0.3, -0.25) is 4.79 Å². The molecule has 1 rings (SSSR count). The van der Waals surface area contributed by atoms with Gasteiger partial charge in [-0.1, -0.05) is 11.8 Å². The lowest BCUT2D eigenvalue weighted by molar-refractivity contribution is -0.120. The molecule has 12 heavy (non-hydrogen) atoms. The molecule has 0 bridgehead atoms. The van der Waals surface area contributed by atoms with Crippen LogP contribution in [0.4, 0.5) is 0 Å². The van der Waals surface area contributed by atoms with E-state index in [-0.39, 0.29) is 5.92 Å². The van der Waals surface area contributed by atoms with Crippen molar-refractivity contribution < 1.29 is 9.90 Å². The van der Waals surface area contributed by atoms with Gasteiger partial charge in [-0.2, -0.15) is 0 Å². The Kier molecular flexibility index (Phi) is 3.31. The highest BCUT2D eigenvalue weighted by Gasteiger charge is 2.22. The van der Waals surface area contributed by atoms with Crippen LogP contribution < -0.4 is 0 Å². The van der Waals surface area contributed by atoms with Crippen LogP contribution in [-0.4, -0.2) is 17.0 Å². The lowest BCUT2D eigenvalue weighted by atomic mass is 10.0. The minimum atomic E-state index is -0.568. The summed E-state index contributed by atoms with van der Waals surface area (Å²) in [5.41, 5.74) is 0. The van der Waals surface area contributed by atoms with Crippen molar-refractivity contribution in [2.45, 2.75) is 38.7 Å². The summed E-state index contributed by atoms with van der Waals surface area (Å²) in [5.74, 6) is 5.97. The zero-order chi connectivity index (χ0) is 8.97. The van der Waals surface area contributed by atoms with E-state index in [9.17, 15) is 4.79 Å². The maximum absolute atomic E-state index is 11.1. The third-order valence-electron chi connectivity index (χ3n) is 2.09. The molecule has 1 aliphatic carbocycles. The fourth-order valence-corrected chi connectivity index (χ4v) is 1.43. The molecule has 2 atom stereocenters. The Balaban J connectivity index is 2.33. The van der Waals surface area contributed by atoms with Crippen molar-refractivity contribution in [1.82, 2.24) is 0 Å². The van der Waals surface area contributed by atoms with Crippen LogP contribution in [0.5, 0.6) is 0 Å². The normalized spacial score (nSPS) is 24.8. The van der Waals surface area contributed by atoms with Crippen molar-refractivity contribution in [3.8, 4) is 11.8 Å². The number of aliphatic hydroxyl groups excluding tert-OH is 1. The molecule has 0 aromatic rings. The predicted molar refractivity (Wildman–Crippen MR) is 46.4 cm³/mol. The third-order valence-corrected chi connectivity index (χ3v) is 2.09. The molecule has 2 nitrogen and oxygen atoms in total. The van der Waals surface area contributed by atoms with Crippen LogP contribution in [-0.2, 0) is 4.79 Å². The van der Waals surface area contributed by atoms with Crippen molar-refractivity contribution in [3.63, 3.8) is 0 Å². The molecule has 0 amide bonds. The smallest absolute Gasteiger partial charge is 0.136 e. The molecular formula is C10H14O2. The quantitative estimate of drug-likeness (QED) is 0.593. The second-order valence-corrected chi connectivity index (χ2v) is 3.26. The van der Waals surface area contributed by atoms with Gasteiger partial charge < -0.3 is 5.11 Å². The van der Waals surface area contributed by atoms with Gasteiger partial charge in [0, 0.05) is 18.8 Å². The standard InChI is InChI=1S/C10H14O2/c1-8(11)4-2-5-9-6-3-7-10(9)12/h8-9,11H,3,5-7H2,1H3. The lowest BCUT2D eigenvalue weighted by Crippen LogP contribution is -2.04. The van der Waals surface area contributed by atoms with Gasteiger partial charge in [0.25, 0.3) is 0 Å². The number of carbonyl (C=O) groups excluding carboxylic acids is 1. The first-order chi connectivity index (χ1) is 5.70. The zero-order valence-electron chi connectivity index (χ0n) is 7.34. The number of rotatable bonds is 1. The van der Waals surface area contributed by atoms with Gasteiger partial charge in [-0.25, -0.2) is 0 Å². The van der Waals surface area contributed by atoms with Crippen LogP contribution in [0.25, 0.3) is 0 Å². The molecule has 0 spiro atoms. The van der Waals surface area contributed by atoms with E-state index in [0.29, 0.717) is 12.2 Å². The van der Waals surface area contributed by atoms with Crippen molar-refractivity contribution in [2.24, 2.45) is 5.92 Å². The Morgan fingerprint density at radius 2 is 2.50 bits per heavy atom. The monoisotopic (exact) mass is 166 g/mol. The molecule has 2 unspecified atom stereocenters. The van der Waals surface area contributed by atoms with Crippen molar-refractivity contribution in [1.29, 1.82) is 0 Å². The van der Waals surface area contributed by atoms with E-state index in [1.165, 1.54) is 0 Å². The molecule has 0 heterocycles. The molecule has 0 radical (unpaired) electrons. The van der Waals surface area contributed by atoms with Gasteiger partial charge >= 0.3 is 0 Å². The Labute approximate surface area is 73.0 Å². The summed E-state index contributed by atoms with van der Waals surface area (Å²) in [6.45, 7) is 1.63. The topological polar surface area (TPSA) is 37.3 Å². The first-order valence-electron chi connectivity index (χ1n) is 4.39. The highest BCUT2D eigenvalue weighted by Crippen LogP contribution is 2.23. The van der Waals surface area contributed by atoms with Crippen molar-refractivity contribution in [2.75, 3.05) is 0 Å². The van der Waals surface area contributed by atoms with Crippen LogP contribution in [0, 0.1) is 17.8 Å². The van der Waals surface area contributed by atoms with Crippen molar-refractivity contribution >= 4 is 5.78 Å². The Morgan fingerprint density at radius 3 is 3.00 bits per heavy atom. The number of ketones is 1. The molecule has 0 aromatic carbocycles. The Hall–Kier alpha value is -0.810. The van der Waals surface area contributed by atoms with E-state index in [4.69, 9.17) is 5.11 Å². The number of Topliss-reactive ketones (excluding diaryl/α,β-unsaturated/α-hetero) is 1. The number of hydrogen-bond acceptors (Lipinski definition) is 2. The molecule has 0 aliphatic heterocycles. The largest absolute Gasteiger partial charge is 0.381 e. The second-order valence-electron chi connectivity index (χ2n) is 3.26. The molecule has 0 saturated heterocycles. The van der Waals surface area contributed by atoms with Crippen molar-refractivity contribution in [3.05, 3.63) is 0 Å². The minimum absolute atomic E-state index is 0.149. The summed E-state index contributed by atoms with van der Waals surface area (Å²) in [5, 5.41) is 8.83. The Bertz CT molecular complexity index is 220. The van der Waals surface area contributed by atoms with E-state index < -0.39 is 6.10 Å². The fraction of sp³-hybridized carbons (Fsp3) is 0.700. The maximum Gasteiger partial charge on any atom is 0.136 e. The fourth-order valence-electron chi connectivity index (χ4n) is 1.43. The average Bonchev–Trinajstić information content (AvgIpc) is 2.36. The van der Waals surface area contributed by atoms with Crippen LogP contribution in [0.2, 0.25) is 0 Å². The number of carbonyl (C=O) groups is 1. The summed E-state index contributed by atoms with van der Waals surface area (Å²) in [6, 6.07) is 0. The molecule has 1 saturated carbocycles. The summed E-state index contributed by atoms with van der Waals surface area (Å²) in [4.78, 5) is 11.1. The van der Waals surface area contributed by atoms with Crippen LogP contribution in [0.1, 0.15) is 32.6 Å². The van der Waals surface area contributed by atoms with Gasteiger partial charge in [0.1, 0.15) is 11.9 Å². The third kappa shape index (κ3) is 2.67. The summed E-state index contributed by atoms with van der Waals surface area (Å²) in [6.07, 6.45) is 2.78. The average molecular weight is 166 g/mol. The molecular weight excluding hydrogens is 152 g/mol. The first kappa shape index (κ1) is 9.28. The van der Waals surface area contributed by atoms with Crippen LogP contribution in [0.15, 0.2) is 0 Å². The van der Waals surface area contributed by atoms with Gasteiger partial charge in [-0.15, -0.1) is 0 Å². The number of aliphatic hydroxyl groups is 1. The molecule has 2 heteroatoms. The van der Waals surface area contributed by atoms with Gasteiger partial charge in [0.2, 0.25) is 0 Å². The number of hydrogen-bond donors (Lipinski definition) is 1. The second kappa shape index (κ2) is 4.27. The Morgan fingerprint density at radius 1 is 1.75 bits per heavy atom. The predicted octanol–water partition coefficient (Wildman–Crippen LogP) is 1.13. The van der Waals surface area contributed by atoms with E-state index >= 15 is 0 Å². The molecule has 1 fully saturated rings. The van der Waals surface area contributed by atoms with E-state index in [1.54, 1.807) is 6.92 Å². The first-order valence-corrected chi connectivity index (χ1v) is 4.39. The molecule has 0 aromatic heterocycles. The van der Waals surface area contributed by atoms with Gasteiger partial charge in [0.05, 0.1) is 0 Å². The molecule has 66 valence electrons. The van der Waals surface area contributed by atoms with E-state index in [1.807, 2.05) is 0 Å². The molecule has 1 aliphatic rings. The SMILES string of the molecule is CC(O)C#CCC1CCCC1=O. The highest BCUT2D eigenvalue weighted by molar-refractivity contribution is 5.83. The van der Waals surface area contributed by atoms with Gasteiger partial charge in [-0.05, 0) is 19.8 Å². The lowest BCUT2D eigenvalue weighted by Gasteiger charge is -1.99. The summed E-state index contributed by atoms with van der Waals surface area (Å²) < 4.78 is 0. The highest BCUT2D eigenvalue weighted by atomic mass is 16.3. The van der Waals surface area contributed by atoms with Gasteiger partial charge in [0.15, 0.2) is 0 Å².